The summed E-state index contributed by atoms with van der Waals surface area (Å²) in [4.78, 5) is 16.8. The van der Waals surface area contributed by atoms with Crippen LogP contribution < -0.4 is 5.32 Å². The van der Waals surface area contributed by atoms with Gasteiger partial charge in [0.2, 0.25) is 0 Å². The topological polar surface area (TPSA) is 69.7 Å². The number of amides is 2. The SMILES string of the molecule is CC(C)N(CCNC(=O)N1CCCC(S(=O)(=O)c2ccccc2)C1)C(C)C. The van der Waals surface area contributed by atoms with Gasteiger partial charge in [0.1, 0.15) is 0 Å². The lowest BCUT2D eigenvalue weighted by atomic mass is 10.1. The zero-order valence-corrected chi connectivity index (χ0v) is 17.7. The smallest absolute Gasteiger partial charge is 0.317 e. The molecule has 1 N–H and O–H groups in total. The first-order valence-corrected chi connectivity index (χ1v) is 11.4. The number of piperidine rings is 1. The third-order valence-electron chi connectivity index (χ3n) is 5.15. The van der Waals surface area contributed by atoms with Gasteiger partial charge in [0.25, 0.3) is 0 Å². The average molecular weight is 396 g/mol. The van der Waals surface area contributed by atoms with E-state index < -0.39 is 15.1 Å². The Morgan fingerprint density at radius 2 is 1.81 bits per heavy atom. The zero-order chi connectivity index (χ0) is 20.0. The minimum atomic E-state index is -3.41. The lowest BCUT2D eigenvalue weighted by Gasteiger charge is -2.33. The van der Waals surface area contributed by atoms with Gasteiger partial charge in [-0.05, 0) is 52.7 Å². The Morgan fingerprint density at radius 1 is 1.19 bits per heavy atom. The Bertz CT molecular complexity index is 696. The lowest BCUT2D eigenvalue weighted by molar-refractivity contribution is 0.165. The van der Waals surface area contributed by atoms with Gasteiger partial charge in [-0.3, -0.25) is 4.90 Å². The molecule has 1 heterocycles. The fourth-order valence-corrected chi connectivity index (χ4v) is 5.47. The predicted molar refractivity (Wildman–Crippen MR) is 109 cm³/mol. The quantitative estimate of drug-likeness (QED) is 0.771. The number of likely N-dealkylation sites (tertiary alicyclic amines) is 1. The van der Waals surface area contributed by atoms with Gasteiger partial charge in [-0.1, -0.05) is 18.2 Å². The zero-order valence-electron chi connectivity index (χ0n) is 16.9. The Balaban J connectivity index is 1.93. The Hall–Kier alpha value is -1.60. The van der Waals surface area contributed by atoms with Crippen LogP contribution in [0.4, 0.5) is 4.79 Å². The molecule has 7 heteroatoms. The Labute approximate surface area is 163 Å². The van der Waals surface area contributed by atoms with E-state index in [0.29, 0.717) is 42.9 Å². The van der Waals surface area contributed by atoms with E-state index in [-0.39, 0.29) is 12.6 Å². The summed E-state index contributed by atoms with van der Waals surface area (Å²) in [6.07, 6.45) is 1.30. The molecular formula is C20H33N3O3S. The molecule has 0 aromatic heterocycles. The fourth-order valence-electron chi connectivity index (χ4n) is 3.69. The molecule has 0 radical (unpaired) electrons. The minimum absolute atomic E-state index is 0.171. The summed E-state index contributed by atoms with van der Waals surface area (Å²) in [5.74, 6) is 0. The molecule has 2 amide bonds. The van der Waals surface area contributed by atoms with Crippen LogP contribution in [0.3, 0.4) is 0 Å². The highest BCUT2D eigenvalue weighted by Crippen LogP contribution is 2.23. The number of benzene rings is 1. The van der Waals surface area contributed by atoms with E-state index in [0.717, 1.165) is 6.54 Å². The molecule has 1 aliphatic rings. The molecule has 152 valence electrons. The molecule has 1 fully saturated rings. The molecule has 1 saturated heterocycles. The maximum atomic E-state index is 12.8. The summed E-state index contributed by atoms with van der Waals surface area (Å²) >= 11 is 0. The molecule has 27 heavy (non-hydrogen) atoms. The van der Waals surface area contributed by atoms with Crippen molar-refractivity contribution in [1.82, 2.24) is 15.1 Å². The molecule has 1 atom stereocenters. The first kappa shape index (κ1) is 21.7. The van der Waals surface area contributed by atoms with Crippen LogP contribution in [-0.2, 0) is 9.84 Å². The highest BCUT2D eigenvalue weighted by Gasteiger charge is 2.33. The summed E-state index contributed by atoms with van der Waals surface area (Å²) in [6.45, 7) is 10.8. The fraction of sp³-hybridized carbons (Fsp3) is 0.650. The van der Waals surface area contributed by atoms with Gasteiger partial charge in [0.15, 0.2) is 9.84 Å². The summed E-state index contributed by atoms with van der Waals surface area (Å²) in [7, 11) is -3.41. The molecule has 1 aromatic rings. The second kappa shape index (κ2) is 9.55. The normalized spacial score (nSPS) is 18.3. The third kappa shape index (κ3) is 5.69. The van der Waals surface area contributed by atoms with Gasteiger partial charge < -0.3 is 10.2 Å². The van der Waals surface area contributed by atoms with Crippen molar-refractivity contribution in [3.05, 3.63) is 30.3 Å². The van der Waals surface area contributed by atoms with Crippen LogP contribution >= 0.6 is 0 Å². The highest BCUT2D eigenvalue weighted by molar-refractivity contribution is 7.92. The van der Waals surface area contributed by atoms with Crippen molar-refractivity contribution in [2.24, 2.45) is 0 Å². The Morgan fingerprint density at radius 3 is 2.41 bits per heavy atom. The van der Waals surface area contributed by atoms with Crippen molar-refractivity contribution in [3.63, 3.8) is 0 Å². The maximum absolute atomic E-state index is 12.8. The van der Waals surface area contributed by atoms with Crippen LogP contribution in [0.2, 0.25) is 0 Å². The number of rotatable bonds is 7. The summed E-state index contributed by atoms with van der Waals surface area (Å²) in [5.41, 5.74) is 0. The molecular weight excluding hydrogens is 362 g/mol. The summed E-state index contributed by atoms with van der Waals surface area (Å²) < 4.78 is 25.7. The van der Waals surface area contributed by atoms with Gasteiger partial charge >= 0.3 is 6.03 Å². The number of sulfone groups is 1. The number of urea groups is 1. The Kier molecular flexibility index (Phi) is 7.68. The standard InChI is InChI=1S/C20H33N3O3S/c1-16(2)23(17(3)4)14-12-21-20(24)22-13-8-11-19(15-22)27(25,26)18-9-6-5-7-10-18/h5-7,9-10,16-17,19H,8,11-15H2,1-4H3,(H,21,24). The van der Waals surface area contributed by atoms with Crippen LogP contribution in [0.15, 0.2) is 35.2 Å². The lowest BCUT2D eigenvalue weighted by Crippen LogP contribution is -2.50. The molecule has 0 spiro atoms. The molecule has 1 aromatic carbocycles. The third-order valence-corrected chi connectivity index (χ3v) is 7.34. The first-order chi connectivity index (χ1) is 12.7. The van der Waals surface area contributed by atoms with E-state index in [1.54, 1.807) is 35.2 Å². The van der Waals surface area contributed by atoms with Gasteiger partial charge in [0, 0.05) is 38.3 Å². The van der Waals surface area contributed by atoms with Crippen LogP contribution in [-0.4, -0.2) is 67.8 Å². The van der Waals surface area contributed by atoms with E-state index in [1.807, 2.05) is 0 Å². The molecule has 1 unspecified atom stereocenters. The van der Waals surface area contributed by atoms with Crippen LogP contribution in [0.5, 0.6) is 0 Å². The van der Waals surface area contributed by atoms with Gasteiger partial charge in [-0.2, -0.15) is 0 Å². The number of carbonyl (C=O) groups is 1. The highest BCUT2D eigenvalue weighted by atomic mass is 32.2. The van der Waals surface area contributed by atoms with Crippen molar-refractivity contribution in [2.75, 3.05) is 26.2 Å². The summed E-state index contributed by atoms with van der Waals surface area (Å²) in [5, 5.41) is 2.42. The number of hydrogen-bond acceptors (Lipinski definition) is 4. The van der Waals surface area contributed by atoms with E-state index in [1.165, 1.54) is 0 Å². The molecule has 2 rings (SSSR count). The molecule has 0 aliphatic carbocycles. The van der Waals surface area contributed by atoms with Crippen molar-refractivity contribution in [1.29, 1.82) is 0 Å². The van der Waals surface area contributed by atoms with Gasteiger partial charge in [-0.25, -0.2) is 13.2 Å². The number of hydrogen-bond donors (Lipinski definition) is 1. The second-order valence-corrected chi connectivity index (χ2v) is 9.95. The second-order valence-electron chi connectivity index (χ2n) is 7.73. The maximum Gasteiger partial charge on any atom is 0.317 e. The molecule has 6 nitrogen and oxygen atoms in total. The van der Waals surface area contributed by atoms with Crippen molar-refractivity contribution in [2.45, 2.75) is 62.8 Å². The van der Waals surface area contributed by atoms with E-state index in [9.17, 15) is 13.2 Å². The minimum Gasteiger partial charge on any atom is -0.337 e. The predicted octanol–water partition coefficient (Wildman–Crippen LogP) is 2.75. The van der Waals surface area contributed by atoms with Crippen molar-refractivity contribution < 1.29 is 13.2 Å². The molecule has 1 aliphatic heterocycles. The first-order valence-electron chi connectivity index (χ1n) is 9.81. The summed E-state index contributed by atoms with van der Waals surface area (Å²) in [6, 6.07) is 9.17. The number of nitrogens with zero attached hydrogens (tertiary/aromatic N) is 2. The van der Waals surface area contributed by atoms with E-state index in [4.69, 9.17) is 0 Å². The molecule has 0 saturated carbocycles. The van der Waals surface area contributed by atoms with Gasteiger partial charge in [-0.15, -0.1) is 0 Å². The van der Waals surface area contributed by atoms with Crippen molar-refractivity contribution >= 4 is 15.9 Å². The van der Waals surface area contributed by atoms with Crippen molar-refractivity contribution in [3.8, 4) is 0 Å². The van der Waals surface area contributed by atoms with Crippen LogP contribution in [0.25, 0.3) is 0 Å². The number of nitrogens with one attached hydrogen (secondary N) is 1. The van der Waals surface area contributed by atoms with E-state index >= 15 is 0 Å². The van der Waals surface area contributed by atoms with Crippen LogP contribution in [0.1, 0.15) is 40.5 Å². The van der Waals surface area contributed by atoms with Gasteiger partial charge in [0.05, 0.1) is 10.1 Å². The monoisotopic (exact) mass is 395 g/mol. The number of carbonyl (C=O) groups excluding carboxylic acids is 1. The average Bonchev–Trinajstić information content (AvgIpc) is 2.65. The largest absolute Gasteiger partial charge is 0.337 e. The molecule has 0 bridgehead atoms. The van der Waals surface area contributed by atoms with E-state index in [2.05, 4.69) is 37.9 Å². The van der Waals surface area contributed by atoms with Crippen LogP contribution in [0, 0.1) is 0 Å².